The molecular formula is C31H40ClFN6O7S. The van der Waals surface area contributed by atoms with Gasteiger partial charge in [0.1, 0.15) is 11.9 Å². The maximum absolute atomic E-state index is 15.4. The SMILES string of the molecule is C[C@H](O)CN(C[C@@H](CCc1c(F)cccc1NC(=O)[C@@H](N=[N+]=[N-])[C@@H](c1ccc(Cl)cc1)C1CCOCC1)NS(=O)(=O)C1CC1)C(=O)O. The normalized spacial score (nSPS) is 18.0. The first kappa shape index (κ1) is 36.4. The molecule has 1 aliphatic heterocycles. The summed E-state index contributed by atoms with van der Waals surface area (Å²) in [7, 11) is -3.76. The molecule has 2 fully saturated rings. The van der Waals surface area contributed by atoms with Crippen molar-refractivity contribution >= 4 is 39.3 Å². The van der Waals surface area contributed by atoms with Crippen molar-refractivity contribution in [2.75, 3.05) is 31.6 Å². The molecule has 1 saturated heterocycles. The lowest BCUT2D eigenvalue weighted by molar-refractivity contribution is -0.118. The first-order valence-electron chi connectivity index (χ1n) is 15.5. The first-order chi connectivity index (χ1) is 22.4. The van der Waals surface area contributed by atoms with E-state index in [1.165, 1.54) is 25.1 Å². The highest BCUT2D eigenvalue weighted by atomic mass is 35.5. The van der Waals surface area contributed by atoms with Gasteiger partial charge in [-0.2, -0.15) is 0 Å². The Bertz CT molecular complexity index is 1550. The number of nitrogens with zero attached hydrogens (tertiary/aromatic N) is 4. The number of azide groups is 1. The van der Waals surface area contributed by atoms with Crippen LogP contribution in [-0.2, 0) is 26.0 Å². The number of nitrogens with one attached hydrogen (secondary N) is 2. The third-order valence-corrected chi connectivity index (χ3v) is 10.7. The molecule has 2 aliphatic rings. The van der Waals surface area contributed by atoms with E-state index in [0.717, 1.165) is 10.5 Å². The molecule has 2 amide bonds. The smallest absolute Gasteiger partial charge is 0.407 e. The van der Waals surface area contributed by atoms with Crippen molar-refractivity contribution < 1.29 is 37.3 Å². The Labute approximate surface area is 278 Å². The van der Waals surface area contributed by atoms with Crippen LogP contribution in [0.3, 0.4) is 0 Å². The van der Waals surface area contributed by atoms with Gasteiger partial charge in [-0.15, -0.1) is 0 Å². The molecule has 0 bridgehead atoms. The van der Waals surface area contributed by atoms with E-state index in [2.05, 4.69) is 20.1 Å². The van der Waals surface area contributed by atoms with E-state index in [-0.39, 0.29) is 43.1 Å². The summed E-state index contributed by atoms with van der Waals surface area (Å²) >= 11 is 6.12. The third kappa shape index (κ3) is 10.3. The molecule has 256 valence electrons. The number of carbonyl (C=O) groups is 2. The van der Waals surface area contributed by atoms with Crippen LogP contribution in [0.25, 0.3) is 10.4 Å². The molecule has 4 atom stereocenters. The Morgan fingerprint density at radius 1 is 1.15 bits per heavy atom. The van der Waals surface area contributed by atoms with Crippen LogP contribution >= 0.6 is 11.6 Å². The number of carboxylic acid groups (broad SMARTS) is 1. The highest BCUT2D eigenvalue weighted by Gasteiger charge is 2.38. The van der Waals surface area contributed by atoms with Crippen LogP contribution in [-0.4, -0.2) is 85.3 Å². The molecule has 1 saturated carbocycles. The average molecular weight is 695 g/mol. The average Bonchev–Trinajstić information content (AvgIpc) is 3.88. The van der Waals surface area contributed by atoms with Gasteiger partial charge in [-0.25, -0.2) is 22.3 Å². The van der Waals surface area contributed by atoms with E-state index >= 15 is 4.39 Å². The summed E-state index contributed by atoms with van der Waals surface area (Å²) in [5, 5.41) is 26.0. The van der Waals surface area contributed by atoms with Gasteiger partial charge in [-0.05, 0) is 86.7 Å². The summed E-state index contributed by atoms with van der Waals surface area (Å²) in [6.45, 7) is 1.85. The summed E-state index contributed by atoms with van der Waals surface area (Å²) in [4.78, 5) is 29.6. The van der Waals surface area contributed by atoms with Gasteiger partial charge in [0.2, 0.25) is 15.9 Å². The fourth-order valence-electron chi connectivity index (χ4n) is 5.98. The van der Waals surface area contributed by atoms with E-state index in [4.69, 9.17) is 16.3 Å². The number of sulfonamides is 1. The van der Waals surface area contributed by atoms with Crippen LogP contribution in [0.15, 0.2) is 47.6 Å². The zero-order chi connectivity index (χ0) is 34.1. The van der Waals surface area contributed by atoms with Crippen molar-refractivity contribution in [1.29, 1.82) is 0 Å². The summed E-state index contributed by atoms with van der Waals surface area (Å²) in [6, 6.07) is 8.91. The van der Waals surface area contributed by atoms with E-state index in [1.807, 2.05) is 0 Å². The Balaban J connectivity index is 1.59. The topological polar surface area (TPSA) is 194 Å². The Hall–Kier alpha value is -3.46. The molecule has 0 radical (unpaired) electrons. The van der Waals surface area contributed by atoms with Crippen LogP contribution in [0.1, 0.15) is 56.1 Å². The molecule has 16 heteroatoms. The molecule has 4 N–H and O–H groups in total. The van der Waals surface area contributed by atoms with Crippen molar-refractivity contribution in [3.05, 3.63) is 74.9 Å². The number of aliphatic hydroxyl groups excluding tert-OH is 1. The number of aliphatic hydroxyl groups is 1. The predicted octanol–water partition coefficient (Wildman–Crippen LogP) is 5.05. The van der Waals surface area contributed by atoms with Gasteiger partial charge in [0.25, 0.3) is 0 Å². The highest BCUT2D eigenvalue weighted by molar-refractivity contribution is 7.90. The molecule has 0 aromatic heterocycles. The van der Waals surface area contributed by atoms with Crippen molar-refractivity contribution in [2.24, 2.45) is 11.0 Å². The second-order valence-electron chi connectivity index (χ2n) is 12.1. The third-order valence-electron chi connectivity index (χ3n) is 8.42. The van der Waals surface area contributed by atoms with Crippen molar-refractivity contribution in [3.63, 3.8) is 0 Å². The largest absolute Gasteiger partial charge is 0.465 e. The van der Waals surface area contributed by atoms with E-state index in [0.29, 0.717) is 43.9 Å². The number of halogens is 2. The summed E-state index contributed by atoms with van der Waals surface area (Å²) in [5.41, 5.74) is 10.4. The molecule has 0 unspecified atom stereocenters. The number of carbonyl (C=O) groups excluding carboxylic acids is 1. The minimum atomic E-state index is -3.76. The van der Waals surface area contributed by atoms with Gasteiger partial charge in [0.15, 0.2) is 0 Å². The summed E-state index contributed by atoms with van der Waals surface area (Å²) in [5.74, 6) is -1.90. The zero-order valence-corrected chi connectivity index (χ0v) is 27.5. The Morgan fingerprint density at radius 3 is 2.43 bits per heavy atom. The molecule has 47 heavy (non-hydrogen) atoms. The van der Waals surface area contributed by atoms with E-state index in [9.17, 15) is 33.8 Å². The maximum Gasteiger partial charge on any atom is 0.407 e. The minimum absolute atomic E-state index is 0.0193. The van der Waals surface area contributed by atoms with Crippen LogP contribution in [0.4, 0.5) is 14.9 Å². The number of rotatable bonds is 16. The van der Waals surface area contributed by atoms with Crippen molar-refractivity contribution in [2.45, 2.75) is 74.8 Å². The maximum atomic E-state index is 15.4. The van der Waals surface area contributed by atoms with E-state index < -0.39 is 57.2 Å². The quantitative estimate of drug-likeness (QED) is 0.107. The monoisotopic (exact) mass is 694 g/mol. The van der Waals surface area contributed by atoms with Gasteiger partial charge >= 0.3 is 6.09 Å². The summed E-state index contributed by atoms with van der Waals surface area (Å²) < 4.78 is 49.1. The second kappa shape index (κ2) is 16.6. The molecule has 2 aromatic rings. The number of hydrogen-bond donors (Lipinski definition) is 4. The number of anilines is 1. The van der Waals surface area contributed by atoms with Gasteiger partial charge in [0.05, 0.1) is 11.4 Å². The number of hydrogen-bond acceptors (Lipinski definition) is 7. The Morgan fingerprint density at radius 2 is 1.83 bits per heavy atom. The van der Waals surface area contributed by atoms with Gasteiger partial charge in [-0.3, -0.25) is 4.79 Å². The highest BCUT2D eigenvalue weighted by Crippen LogP contribution is 2.38. The van der Waals surface area contributed by atoms with Gasteiger partial charge in [-0.1, -0.05) is 34.9 Å². The molecule has 1 heterocycles. The Kier molecular flexibility index (Phi) is 12.8. The fourth-order valence-corrected chi connectivity index (χ4v) is 7.71. The van der Waals surface area contributed by atoms with Crippen LogP contribution < -0.4 is 10.0 Å². The first-order valence-corrected chi connectivity index (χ1v) is 17.4. The zero-order valence-electron chi connectivity index (χ0n) is 26.0. The van der Waals surface area contributed by atoms with Gasteiger partial charge in [0, 0.05) is 59.4 Å². The lowest BCUT2D eigenvalue weighted by Crippen LogP contribution is -2.48. The van der Waals surface area contributed by atoms with E-state index in [1.54, 1.807) is 24.3 Å². The molecule has 1 aliphatic carbocycles. The summed E-state index contributed by atoms with van der Waals surface area (Å²) in [6.07, 6.45) is -0.207. The molecule has 13 nitrogen and oxygen atoms in total. The predicted molar refractivity (Wildman–Crippen MR) is 174 cm³/mol. The lowest BCUT2D eigenvalue weighted by atomic mass is 9.76. The van der Waals surface area contributed by atoms with Crippen LogP contribution in [0, 0.1) is 11.7 Å². The van der Waals surface area contributed by atoms with Crippen LogP contribution in [0.5, 0.6) is 0 Å². The fraction of sp³-hybridized carbons (Fsp3) is 0.548. The minimum Gasteiger partial charge on any atom is -0.465 e. The molecule has 2 aromatic carbocycles. The standard InChI is InChI=1S/C31H40ClFN6O7S/c1-19(40)17-39(31(42)43)18-23(37-47(44,45)24-10-11-24)9-12-25-26(33)3-2-4-27(25)35-30(41)29(36-38-34)28(21-13-15-46-16-14-21)20-5-7-22(32)8-6-20/h2-8,19,21,23-24,28-29,37,40H,9-18H2,1H3,(H,35,41)(H,42,43)/t19-,23+,28-,29-/m0/s1. The number of benzene rings is 2. The van der Waals surface area contributed by atoms with Crippen LogP contribution in [0.2, 0.25) is 5.02 Å². The second-order valence-corrected chi connectivity index (χ2v) is 14.5. The van der Waals surface area contributed by atoms with Gasteiger partial charge < -0.3 is 25.2 Å². The van der Waals surface area contributed by atoms with Crippen molar-refractivity contribution in [1.82, 2.24) is 9.62 Å². The lowest BCUT2D eigenvalue weighted by Gasteiger charge is -2.34. The molecule has 0 spiro atoms. The number of amides is 2. The molecular weight excluding hydrogens is 655 g/mol. The number of ether oxygens (including phenoxy) is 1. The molecule has 4 rings (SSSR count). The van der Waals surface area contributed by atoms with Crippen molar-refractivity contribution in [3.8, 4) is 0 Å².